The molecule has 0 aliphatic carbocycles. The van der Waals surface area contributed by atoms with E-state index in [-0.39, 0.29) is 18.2 Å². The summed E-state index contributed by atoms with van der Waals surface area (Å²) < 4.78 is 2.69. The van der Waals surface area contributed by atoms with Gasteiger partial charge in [0, 0.05) is 21.8 Å². The molecule has 0 unspecified atom stereocenters. The fourth-order valence-electron chi connectivity index (χ4n) is 2.15. The first-order valence-electron chi connectivity index (χ1n) is 7.31. The number of rotatable bonds is 6. The summed E-state index contributed by atoms with van der Waals surface area (Å²) in [6.45, 7) is 0.126. The van der Waals surface area contributed by atoms with E-state index in [1.807, 2.05) is 0 Å². The van der Waals surface area contributed by atoms with Gasteiger partial charge in [0.1, 0.15) is 12.9 Å². The maximum absolute atomic E-state index is 12.0. The number of halogens is 2. The lowest BCUT2D eigenvalue weighted by molar-refractivity contribution is -0.117. The van der Waals surface area contributed by atoms with Crippen LogP contribution in [0.25, 0.3) is 0 Å². The van der Waals surface area contributed by atoms with Gasteiger partial charge >= 0.3 is 5.97 Å². The number of anilines is 1. The number of nitrogens with zero attached hydrogens (tertiary/aromatic N) is 5. The Kier molecular flexibility index (Phi) is 5.19. The van der Waals surface area contributed by atoms with Crippen molar-refractivity contribution in [3.8, 4) is 0 Å². The van der Waals surface area contributed by atoms with E-state index in [0.717, 1.165) is 0 Å². The molecule has 134 valence electrons. The van der Waals surface area contributed by atoms with Crippen molar-refractivity contribution in [2.75, 3.05) is 5.32 Å². The van der Waals surface area contributed by atoms with Crippen LogP contribution in [0.2, 0.25) is 10.0 Å². The number of carboxylic acids is 1. The van der Waals surface area contributed by atoms with Crippen molar-refractivity contribution in [3.05, 3.63) is 58.1 Å². The Morgan fingerprint density at radius 2 is 1.85 bits per heavy atom. The molecule has 0 fully saturated rings. The zero-order valence-corrected chi connectivity index (χ0v) is 14.6. The van der Waals surface area contributed by atoms with Gasteiger partial charge in [-0.3, -0.25) is 14.8 Å². The molecule has 1 amide bonds. The summed E-state index contributed by atoms with van der Waals surface area (Å²) in [4.78, 5) is 26.8. The van der Waals surface area contributed by atoms with Gasteiger partial charge in [0.2, 0.25) is 11.9 Å². The van der Waals surface area contributed by atoms with Crippen molar-refractivity contribution in [3.63, 3.8) is 0 Å². The molecule has 0 saturated carbocycles. The van der Waals surface area contributed by atoms with Crippen LogP contribution in [0.3, 0.4) is 0 Å². The molecular formula is C15H12Cl2N6O3. The number of amides is 1. The number of aromatic carboxylic acids is 1. The summed E-state index contributed by atoms with van der Waals surface area (Å²) in [7, 11) is 0. The Morgan fingerprint density at radius 1 is 1.12 bits per heavy atom. The zero-order valence-electron chi connectivity index (χ0n) is 13.1. The van der Waals surface area contributed by atoms with Crippen LogP contribution in [0.15, 0.2) is 36.8 Å². The molecular weight excluding hydrogens is 383 g/mol. The van der Waals surface area contributed by atoms with E-state index in [0.29, 0.717) is 22.2 Å². The second kappa shape index (κ2) is 7.54. The average Bonchev–Trinajstić information content (AvgIpc) is 3.21. The van der Waals surface area contributed by atoms with E-state index in [4.69, 9.17) is 28.3 Å². The number of hydrogen-bond donors (Lipinski definition) is 2. The van der Waals surface area contributed by atoms with Crippen molar-refractivity contribution in [2.24, 2.45) is 0 Å². The van der Waals surface area contributed by atoms with Gasteiger partial charge in [-0.1, -0.05) is 29.3 Å². The van der Waals surface area contributed by atoms with Gasteiger partial charge in [0.25, 0.3) is 0 Å². The number of hydrogen-bond acceptors (Lipinski definition) is 5. The van der Waals surface area contributed by atoms with Crippen LogP contribution in [-0.4, -0.2) is 41.5 Å². The van der Waals surface area contributed by atoms with Crippen LogP contribution in [-0.2, 0) is 17.9 Å². The molecule has 9 nitrogen and oxygen atoms in total. The van der Waals surface area contributed by atoms with Gasteiger partial charge in [-0.2, -0.15) is 5.10 Å². The minimum absolute atomic E-state index is 0.101. The molecule has 3 rings (SSSR count). The highest BCUT2D eigenvalue weighted by Gasteiger charge is 2.12. The Labute approximate surface area is 157 Å². The molecule has 3 aromatic rings. The first-order chi connectivity index (χ1) is 12.4. The topological polar surface area (TPSA) is 115 Å². The summed E-state index contributed by atoms with van der Waals surface area (Å²) in [5.74, 6) is -1.51. The van der Waals surface area contributed by atoms with Crippen LogP contribution in [0.4, 0.5) is 5.95 Å². The van der Waals surface area contributed by atoms with Crippen molar-refractivity contribution >= 4 is 41.0 Å². The van der Waals surface area contributed by atoms with Crippen molar-refractivity contribution in [1.29, 1.82) is 0 Å². The maximum Gasteiger partial charge on any atom is 0.356 e. The molecule has 11 heteroatoms. The molecule has 0 spiro atoms. The largest absolute Gasteiger partial charge is 0.476 e. The monoisotopic (exact) mass is 394 g/mol. The third-order valence-electron chi connectivity index (χ3n) is 3.33. The maximum atomic E-state index is 12.0. The Balaban J connectivity index is 1.62. The minimum Gasteiger partial charge on any atom is -0.476 e. The molecule has 26 heavy (non-hydrogen) atoms. The lowest BCUT2D eigenvalue weighted by Gasteiger charge is -2.06. The number of nitrogens with one attached hydrogen (secondary N) is 1. The first kappa shape index (κ1) is 17.9. The van der Waals surface area contributed by atoms with Gasteiger partial charge in [-0.15, -0.1) is 5.10 Å². The number of benzene rings is 1. The van der Waals surface area contributed by atoms with Gasteiger partial charge in [0.15, 0.2) is 5.69 Å². The first-order valence-corrected chi connectivity index (χ1v) is 8.07. The number of aromatic nitrogens is 5. The van der Waals surface area contributed by atoms with E-state index in [1.165, 1.54) is 28.0 Å². The average molecular weight is 395 g/mol. The van der Waals surface area contributed by atoms with Crippen LogP contribution >= 0.6 is 23.2 Å². The standard InChI is InChI=1S/C15H12Cl2N6O3/c16-10-2-1-3-11(17)9(10)6-23-8-18-15(21-23)19-13(24)7-22-5-4-12(20-22)14(25)26/h1-5,8H,6-7H2,(H,25,26)(H,19,21,24). The fourth-order valence-corrected chi connectivity index (χ4v) is 2.67. The molecule has 2 aromatic heterocycles. The normalized spacial score (nSPS) is 10.7. The molecule has 0 aliphatic rings. The molecule has 1 aromatic carbocycles. The third-order valence-corrected chi connectivity index (χ3v) is 4.04. The van der Waals surface area contributed by atoms with E-state index in [9.17, 15) is 9.59 Å². The predicted molar refractivity (Wildman–Crippen MR) is 93.4 cm³/mol. The molecule has 0 saturated heterocycles. The number of carbonyl (C=O) groups is 2. The Bertz CT molecular complexity index is 948. The van der Waals surface area contributed by atoms with Crippen LogP contribution in [0, 0.1) is 0 Å². The van der Waals surface area contributed by atoms with Crippen LogP contribution < -0.4 is 5.32 Å². The molecule has 0 radical (unpaired) electrons. The fraction of sp³-hybridized carbons (Fsp3) is 0.133. The van der Waals surface area contributed by atoms with Gasteiger partial charge in [-0.25, -0.2) is 14.5 Å². The minimum atomic E-state index is -1.16. The van der Waals surface area contributed by atoms with E-state index < -0.39 is 11.9 Å². The third kappa shape index (κ3) is 4.19. The molecule has 0 aliphatic heterocycles. The van der Waals surface area contributed by atoms with Crippen LogP contribution in [0.1, 0.15) is 16.1 Å². The molecule has 0 bridgehead atoms. The lowest BCUT2D eigenvalue weighted by atomic mass is 10.2. The molecule has 2 N–H and O–H groups in total. The second-order valence-corrected chi connectivity index (χ2v) is 6.03. The van der Waals surface area contributed by atoms with Gasteiger partial charge < -0.3 is 5.11 Å². The SMILES string of the molecule is O=C(Cn1ccc(C(=O)O)n1)Nc1ncn(Cc2c(Cl)cccc2Cl)n1. The van der Waals surface area contributed by atoms with E-state index in [2.05, 4.69) is 20.5 Å². The quantitative estimate of drug-likeness (QED) is 0.661. The highest BCUT2D eigenvalue weighted by atomic mass is 35.5. The Morgan fingerprint density at radius 3 is 2.50 bits per heavy atom. The van der Waals surface area contributed by atoms with E-state index >= 15 is 0 Å². The second-order valence-electron chi connectivity index (χ2n) is 5.22. The highest BCUT2D eigenvalue weighted by molar-refractivity contribution is 6.35. The van der Waals surface area contributed by atoms with Gasteiger partial charge in [0.05, 0.1) is 6.54 Å². The number of carbonyl (C=O) groups excluding carboxylic acids is 1. The molecule has 2 heterocycles. The molecule has 0 atom stereocenters. The zero-order chi connectivity index (χ0) is 18.7. The number of carboxylic acid groups (broad SMARTS) is 1. The van der Waals surface area contributed by atoms with Crippen molar-refractivity contribution in [2.45, 2.75) is 13.1 Å². The summed E-state index contributed by atoms with van der Waals surface area (Å²) >= 11 is 12.2. The lowest BCUT2D eigenvalue weighted by Crippen LogP contribution is -2.20. The predicted octanol–water partition coefficient (Wildman–Crippen LogP) is 2.17. The van der Waals surface area contributed by atoms with Crippen molar-refractivity contribution in [1.82, 2.24) is 24.5 Å². The summed E-state index contributed by atoms with van der Waals surface area (Å²) in [6.07, 6.45) is 2.83. The highest BCUT2D eigenvalue weighted by Crippen LogP contribution is 2.24. The summed E-state index contributed by atoms with van der Waals surface area (Å²) in [6, 6.07) is 6.48. The Hall–Kier alpha value is -2.91. The summed E-state index contributed by atoms with van der Waals surface area (Å²) in [5, 5.41) is 20.2. The van der Waals surface area contributed by atoms with Gasteiger partial charge in [-0.05, 0) is 18.2 Å². The summed E-state index contributed by atoms with van der Waals surface area (Å²) in [5.41, 5.74) is 0.549. The van der Waals surface area contributed by atoms with Crippen LogP contribution in [0.5, 0.6) is 0 Å². The van der Waals surface area contributed by atoms with E-state index in [1.54, 1.807) is 18.2 Å². The van der Waals surface area contributed by atoms with Crippen molar-refractivity contribution < 1.29 is 14.7 Å². The smallest absolute Gasteiger partial charge is 0.356 e.